The first-order chi connectivity index (χ1) is 12.4. The topological polar surface area (TPSA) is 55.4 Å². The Hall–Kier alpha value is -1.84. The van der Waals surface area contributed by atoms with Crippen molar-refractivity contribution in [1.29, 1.82) is 0 Å². The Morgan fingerprint density at radius 2 is 1.77 bits per heavy atom. The highest BCUT2D eigenvalue weighted by Gasteiger charge is 2.60. The molecule has 4 nitrogen and oxygen atoms in total. The summed E-state index contributed by atoms with van der Waals surface area (Å²) in [5.74, 6) is 0.978. The molecule has 4 fully saturated rings. The standard InChI is InChI=1S/C22H29NO3/c1-3-26-19(24)13-23-20(25)22-11-16-8-17(12-22)10-21(9-16,14-22)18-6-4-15(2)5-7-18/h4-7,16-17H,3,8-14H2,1-2H3,(H,23,25)/t16-,17+,21?,22?. The molecular formula is C22H29NO3. The Morgan fingerprint density at radius 3 is 2.38 bits per heavy atom. The lowest BCUT2D eigenvalue weighted by atomic mass is 9.42. The van der Waals surface area contributed by atoms with Gasteiger partial charge in [0.05, 0.1) is 12.0 Å². The van der Waals surface area contributed by atoms with Crippen LogP contribution >= 0.6 is 0 Å². The summed E-state index contributed by atoms with van der Waals surface area (Å²) in [7, 11) is 0. The van der Waals surface area contributed by atoms with E-state index in [1.165, 1.54) is 30.4 Å². The fraction of sp³-hybridized carbons (Fsp3) is 0.636. The molecule has 1 aromatic carbocycles. The molecule has 1 amide bonds. The molecule has 4 bridgehead atoms. The Bertz CT molecular complexity index is 695. The van der Waals surface area contributed by atoms with Crippen LogP contribution in [-0.4, -0.2) is 25.0 Å². The van der Waals surface area contributed by atoms with Gasteiger partial charge in [-0.2, -0.15) is 0 Å². The molecule has 0 spiro atoms. The molecule has 0 radical (unpaired) electrons. The van der Waals surface area contributed by atoms with Gasteiger partial charge >= 0.3 is 5.97 Å². The summed E-state index contributed by atoms with van der Waals surface area (Å²) in [5.41, 5.74) is 2.51. The number of nitrogens with one attached hydrogen (secondary N) is 1. The highest BCUT2D eigenvalue weighted by atomic mass is 16.5. The number of benzene rings is 1. The van der Waals surface area contributed by atoms with Crippen LogP contribution < -0.4 is 5.32 Å². The van der Waals surface area contributed by atoms with Crippen LogP contribution in [-0.2, 0) is 19.7 Å². The molecule has 0 aliphatic heterocycles. The number of rotatable bonds is 5. The van der Waals surface area contributed by atoms with Gasteiger partial charge < -0.3 is 10.1 Å². The first kappa shape index (κ1) is 17.6. The average molecular weight is 355 g/mol. The molecule has 1 N–H and O–H groups in total. The van der Waals surface area contributed by atoms with Gasteiger partial charge in [-0.05, 0) is 75.2 Å². The number of carbonyl (C=O) groups excluding carboxylic acids is 2. The van der Waals surface area contributed by atoms with Crippen LogP contribution in [0.25, 0.3) is 0 Å². The monoisotopic (exact) mass is 355 g/mol. The van der Waals surface area contributed by atoms with E-state index in [1.807, 2.05) is 0 Å². The van der Waals surface area contributed by atoms with Crippen LogP contribution in [0.2, 0.25) is 0 Å². The molecule has 4 aliphatic rings. The van der Waals surface area contributed by atoms with Crippen molar-refractivity contribution in [3.8, 4) is 0 Å². The maximum absolute atomic E-state index is 13.1. The van der Waals surface area contributed by atoms with Crippen molar-refractivity contribution in [1.82, 2.24) is 5.32 Å². The Labute approximate surface area is 155 Å². The maximum atomic E-state index is 13.1. The minimum Gasteiger partial charge on any atom is -0.465 e. The summed E-state index contributed by atoms with van der Waals surface area (Å²) in [6, 6.07) is 8.93. The third kappa shape index (κ3) is 2.93. The summed E-state index contributed by atoms with van der Waals surface area (Å²) < 4.78 is 4.96. The molecule has 2 unspecified atom stereocenters. The van der Waals surface area contributed by atoms with Crippen LogP contribution in [0.1, 0.15) is 56.6 Å². The van der Waals surface area contributed by atoms with Crippen LogP contribution in [0, 0.1) is 24.2 Å². The second kappa shape index (κ2) is 6.40. The second-order valence-corrected chi connectivity index (χ2v) is 8.88. The van der Waals surface area contributed by atoms with E-state index in [1.54, 1.807) is 6.92 Å². The summed E-state index contributed by atoms with van der Waals surface area (Å²) in [6.45, 7) is 4.24. The smallest absolute Gasteiger partial charge is 0.325 e. The Balaban J connectivity index is 1.57. The number of hydrogen-bond donors (Lipinski definition) is 1. The highest BCUT2D eigenvalue weighted by molar-refractivity contribution is 5.87. The minimum absolute atomic E-state index is 0.0126. The molecule has 5 rings (SSSR count). The lowest BCUT2D eigenvalue weighted by Crippen LogP contribution is -2.59. The first-order valence-electron chi connectivity index (χ1n) is 9.96. The Morgan fingerprint density at radius 1 is 1.12 bits per heavy atom. The molecular weight excluding hydrogens is 326 g/mol. The van der Waals surface area contributed by atoms with E-state index >= 15 is 0 Å². The molecule has 26 heavy (non-hydrogen) atoms. The predicted octanol–water partition coefficient (Wildman–Crippen LogP) is 3.51. The summed E-state index contributed by atoms with van der Waals surface area (Å²) in [6.07, 6.45) is 6.56. The van der Waals surface area contributed by atoms with E-state index in [0.29, 0.717) is 18.4 Å². The SMILES string of the molecule is CCOC(=O)CNC(=O)C12C[C@H]3C[C@@H](C1)CC(c1ccc(C)cc1)(C3)C2. The average Bonchev–Trinajstić information content (AvgIpc) is 2.59. The molecule has 4 saturated carbocycles. The Kier molecular flexibility index (Phi) is 4.32. The third-order valence-corrected chi connectivity index (χ3v) is 6.91. The summed E-state index contributed by atoms with van der Waals surface area (Å²) in [4.78, 5) is 24.8. The molecule has 0 heterocycles. The zero-order valence-corrected chi connectivity index (χ0v) is 15.8. The number of carbonyl (C=O) groups is 2. The van der Waals surface area contributed by atoms with Gasteiger partial charge in [-0.1, -0.05) is 29.8 Å². The molecule has 0 aromatic heterocycles. The van der Waals surface area contributed by atoms with Gasteiger partial charge in [-0.25, -0.2) is 0 Å². The lowest BCUT2D eigenvalue weighted by molar-refractivity contribution is -0.152. The van der Waals surface area contributed by atoms with E-state index in [-0.39, 0.29) is 29.3 Å². The number of hydrogen-bond acceptors (Lipinski definition) is 3. The van der Waals surface area contributed by atoms with Crippen LogP contribution in [0.3, 0.4) is 0 Å². The fourth-order valence-corrected chi connectivity index (χ4v) is 6.33. The van der Waals surface area contributed by atoms with Crippen molar-refractivity contribution in [2.75, 3.05) is 13.2 Å². The van der Waals surface area contributed by atoms with Crippen molar-refractivity contribution in [3.05, 3.63) is 35.4 Å². The molecule has 0 saturated heterocycles. The molecule has 140 valence electrons. The van der Waals surface area contributed by atoms with E-state index in [4.69, 9.17) is 4.74 Å². The van der Waals surface area contributed by atoms with Gasteiger partial charge in [0, 0.05) is 0 Å². The quantitative estimate of drug-likeness (QED) is 0.822. The van der Waals surface area contributed by atoms with Gasteiger partial charge in [0.1, 0.15) is 6.54 Å². The van der Waals surface area contributed by atoms with Crippen molar-refractivity contribution >= 4 is 11.9 Å². The van der Waals surface area contributed by atoms with Gasteiger partial charge in [-0.15, -0.1) is 0 Å². The van der Waals surface area contributed by atoms with Gasteiger partial charge in [0.25, 0.3) is 0 Å². The first-order valence-corrected chi connectivity index (χ1v) is 9.96. The fourth-order valence-electron chi connectivity index (χ4n) is 6.33. The zero-order valence-electron chi connectivity index (χ0n) is 15.8. The molecule has 1 aromatic rings. The molecule has 4 heteroatoms. The van der Waals surface area contributed by atoms with Crippen LogP contribution in [0.4, 0.5) is 0 Å². The summed E-state index contributed by atoms with van der Waals surface area (Å²) in [5, 5.41) is 2.89. The predicted molar refractivity (Wildman–Crippen MR) is 99.6 cm³/mol. The number of ether oxygens (including phenoxy) is 1. The van der Waals surface area contributed by atoms with Crippen molar-refractivity contribution in [3.63, 3.8) is 0 Å². The minimum atomic E-state index is -0.348. The number of aryl methyl sites for hydroxylation is 1. The highest BCUT2D eigenvalue weighted by Crippen LogP contribution is 2.65. The van der Waals surface area contributed by atoms with E-state index in [0.717, 1.165) is 19.3 Å². The normalized spacial score (nSPS) is 34.5. The third-order valence-electron chi connectivity index (χ3n) is 6.91. The largest absolute Gasteiger partial charge is 0.465 e. The van der Waals surface area contributed by atoms with E-state index in [2.05, 4.69) is 36.5 Å². The zero-order chi connectivity index (χ0) is 18.4. The number of esters is 1. The van der Waals surface area contributed by atoms with E-state index < -0.39 is 0 Å². The van der Waals surface area contributed by atoms with E-state index in [9.17, 15) is 9.59 Å². The lowest BCUT2D eigenvalue weighted by Gasteiger charge is -2.61. The molecule has 4 atom stereocenters. The van der Waals surface area contributed by atoms with Crippen LogP contribution in [0.5, 0.6) is 0 Å². The van der Waals surface area contributed by atoms with Gasteiger partial charge in [0.2, 0.25) is 5.91 Å². The maximum Gasteiger partial charge on any atom is 0.325 e. The van der Waals surface area contributed by atoms with Gasteiger partial charge in [-0.3, -0.25) is 9.59 Å². The number of amides is 1. The van der Waals surface area contributed by atoms with Crippen molar-refractivity contribution in [2.24, 2.45) is 17.3 Å². The second-order valence-electron chi connectivity index (χ2n) is 8.88. The van der Waals surface area contributed by atoms with Crippen molar-refractivity contribution < 1.29 is 14.3 Å². The summed E-state index contributed by atoms with van der Waals surface area (Å²) >= 11 is 0. The molecule has 4 aliphatic carbocycles. The van der Waals surface area contributed by atoms with Crippen molar-refractivity contribution in [2.45, 2.75) is 57.8 Å². The van der Waals surface area contributed by atoms with Crippen LogP contribution in [0.15, 0.2) is 24.3 Å². The van der Waals surface area contributed by atoms with Gasteiger partial charge in [0.15, 0.2) is 0 Å².